The zero-order chi connectivity index (χ0) is 18.1. The van der Waals surface area contributed by atoms with Crippen LogP contribution in [0.4, 0.5) is 5.69 Å². The van der Waals surface area contributed by atoms with Crippen molar-refractivity contribution in [3.8, 4) is 11.5 Å². The van der Waals surface area contributed by atoms with Gasteiger partial charge < -0.3 is 15.1 Å². The van der Waals surface area contributed by atoms with E-state index in [1.807, 2.05) is 54.6 Å². The van der Waals surface area contributed by atoms with Crippen molar-refractivity contribution in [1.82, 2.24) is 10.3 Å². The number of nitrogens with one attached hydrogen (secondary N) is 2. The van der Waals surface area contributed by atoms with Crippen LogP contribution in [0.2, 0.25) is 0 Å². The van der Waals surface area contributed by atoms with Crippen LogP contribution in [0.1, 0.15) is 6.92 Å². The number of aromatic nitrogens is 1. The molecule has 0 aliphatic carbocycles. The molecule has 0 spiro atoms. The second-order valence-corrected chi connectivity index (χ2v) is 6.28. The SMILES string of the molecule is CC(=O)NC(=S)Nc1cccc(-c2nc3c(ccc4ccccc43)o2)c1. The predicted octanol–water partition coefficient (Wildman–Crippen LogP) is 4.48. The van der Waals surface area contributed by atoms with E-state index in [1.165, 1.54) is 6.92 Å². The maximum atomic E-state index is 11.1. The van der Waals surface area contributed by atoms with Gasteiger partial charge in [-0.2, -0.15) is 0 Å². The molecule has 1 heterocycles. The van der Waals surface area contributed by atoms with Crippen molar-refractivity contribution < 1.29 is 9.21 Å². The van der Waals surface area contributed by atoms with Gasteiger partial charge in [0, 0.05) is 23.6 Å². The lowest BCUT2D eigenvalue weighted by Gasteiger charge is -2.08. The highest BCUT2D eigenvalue weighted by molar-refractivity contribution is 7.80. The number of nitrogens with zero attached hydrogens (tertiary/aromatic N) is 1. The lowest BCUT2D eigenvalue weighted by atomic mass is 10.1. The van der Waals surface area contributed by atoms with E-state index in [2.05, 4.69) is 21.7 Å². The van der Waals surface area contributed by atoms with E-state index >= 15 is 0 Å². The molecule has 0 aliphatic heterocycles. The van der Waals surface area contributed by atoms with Crippen molar-refractivity contribution in [3.05, 3.63) is 60.7 Å². The molecule has 0 atom stereocenters. The summed E-state index contributed by atoms with van der Waals surface area (Å²) in [5, 5.41) is 7.94. The summed E-state index contributed by atoms with van der Waals surface area (Å²) in [7, 11) is 0. The number of oxazole rings is 1. The smallest absolute Gasteiger partial charge is 0.227 e. The molecule has 0 radical (unpaired) electrons. The third-order valence-corrected chi connectivity index (χ3v) is 4.14. The van der Waals surface area contributed by atoms with E-state index in [0.29, 0.717) is 5.89 Å². The largest absolute Gasteiger partial charge is 0.436 e. The number of benzene rings is 3. The van der Waals surface area contributed by atoms with Crippen molar-refractivity contribution in [2.45, 2.75) is 6.92 Å². The van der Waals surface area contributed by atoms with Gasteiger partial charge in [0.1, 0.15) is 5.52 Å². The van der Waals surface area contributed by atoms with E-state index in [1.54, 1.807) is 0 Å². The fraction of sp³-hybridized carbons (Fsp3) is 0.0500. The Balaban J connectivity index is 1.71. The third-order valence-electron chi connectivity index (χ3n) is 3.94. The second-order valence-electron chi connectivity index (χ2n) is 5.87. The van der Waals surface area contributed by atoms with Gasteiger partial charge in [-0.3, -0.25) is 4.79 Å². The molecule has 4 rings (SSSR count). The molecule has 128 valence electrons. The van der Waals surface area contributed by atoms with Crippen molar-refractivity contribution in [2.24, 2.45) is 0 Å². The quantitative estimate of drug-likeness (QED) is 0.515. The minimum atomic E-state index is -0.218. The number of amides is 1. The molecule has 0 bridgehead atoms. The van der Waals surface area contributed by atoms with Gasteiger partial charge in [0.2, 0.25) is 11.8 Å². The van der Waals surface area contributed by atoms with Crippen molar-refractivity contribution in [1.29, 1.82) is 0 Å². The summed E-state index contributed by atoms with van der Waals surface area (Å²) in [6, 6.07) is 19.6. The topological polar surface area (TPSA) is 67.2 Å². The molecular formula is C20H15N3O2S. The fourth-order valence-corrected chi connectivity index (χ4v) is 3.10. The number of carbonyl (C=O) groups is 1. The highest BCUT2D eigenvalue weighted by Crippen LogP contribution is 2.30. The van der Waals surface area contributed by atoms with Crippen LogP contribution in [0.3, 0.4) is 0 Å². The first-order chi connectivity index (χ1) is 12.6. The lowest BCUT2D eigenvalue weighted by molar-refractivity contribution is -0.117. The Morgan fingerprint density at radius 3 is 2.77 bits per heavy atom. The van der Waals surface area contributed by atoms with Crippen LogP contribution in [-0.4, -0.2) is 16.0 Å². The minimum absolute atomic E-state index is 0.218. The Morgan fingerprint density at radius 1 is 1.08 bits per heavy atom. The molecule has 0 saturated heterocycles. The molecule has 0 fully saturated rings. The standard InChI is InChI=1S/C20H15N3O2S/c1-12(24)21-20(26)22-15-7-4-6-14(11-15)19-23-18-16-8-3-2-5-13(16)9-10-17(18)25-19/h2-11H,1H3,(H2,21,22,24,26). The Morgan fingerprint density at radius 2 is 1.92 bits per heavy atom. The van der Waals surface area contributed by atoms with Crippen LogP contribution in [0.5, 0.6) is 0 Å². The summed E-state index contributed by atoms with van der Waals surface area (Å²) in [6.45, 7) is 1.41. The highest BCUT2D eigenvalue weighted by atomic mass is 32.1. The molecule has 5 nitrogen and oxygen atoms in total. The average Bonchev–Trinajstić information content (AvgIpc) is 3.06. The lowest BCUT2D eigenvalue weighted by Crippen LogP contribution is -2.32. The van der Waals surface area contributed by atoms with Crippen LogP contribution >= 0.6 is 12.2 Å². The predicted molar refractivity (Wildman–Crippen MR) is 107 cm³/mol. The molecule has 4 aromatic rings. The normalized spacial score (nSPS) is 10.8. The van der Waals surface area contributed by atoms with Crippen molar-refractivity contribution in [2.75, 3.05) is 5.32 Å². The van der Waals surface area contributed by atoms with Gasteiger partial charge in [-0.15, -0.1) is 0 Å². The zero-order valence-corrected chi connectivity index (χ0v) is 14.8. The number of anilines is 1. The van der Waals surface area contributed by atoms with E-state index in [-0.39, 0.29) is 11.0 Å². The molecule has 0 aliphatic rings. The van der Waals surface area contributed by atoms with Gasteiger partial charge in [0.15, 0.2) is 10.7 Å². The monoisotopic (exact) mass is 361 g/mol. The summed E-state index contributed by atoms with van der Waals surface area (Å²) in [5.74, 6) is 0.315. The van der Waals surface area contributed by atoms with E-state index in [4.69, 9.17) is 16.6 Å². The molecule has 0 saturated carbocycles. The molecule has 6 heteroatoms. The molecule has 3 aromatic carbocycles. The first kappa shape index (κ1) is 16.2. The summed E-state index contributed by atoms with van der Waals surface area (Å²) < 4.78 is 5.95. The molecule has 0 unspecified atom stereocenters. The van der Waals surface area contributed by atoms with Gasteiger partial charge in [0.25, 0.3) is 0 Å². The Bertz CT molecular complexity index is 1150. The van der Waals surface area contributed by atoms with Gasteiger partial charge in [-0.1, -0.05) is 36.4 Å². The molecule has 1 amide bonds. The van der Waals surface area contributed by atoms with E-state index < -0.39 is 0 Å². The molecule has 2 N–H and O–H groups in total. The van der Waals surface area contributed by atoms with Crippen LogP contribution < -0.4 is 10.6 Å². The van der Waals surface area contributed by atoms with E-state index in [0.717, 1.165) is 33.1 Å². The maximum Gasteiger partial charge on any atom is 0.227 e. The first-order valence-corrected chi connectivity index (χ1v) is 8.48. The number of rotatable bonds is 2. The van der Waals surface area contributed by atoms with Gasteiger partial charge >= 0.3 is 0 Å². The summed E-state index contributed by atoms with van der Waals surface area (Å²) in [6.07, 6.45) is 0. The van der Waals surface area contributed by atoms with Crippen LogP contribution in [0, 0.1) is 0 Å². The Labute approximate surface area is 155 Å². The van der Waals surface area contributed by atoms with Crippen LogP contribution in [0.25, 0.3) is 33.3 Å². The number of thiocarbonyl (C=S) groups is 1. The van der Waals surface area contributed by atoms with Crippen LogP contribution in [0.15, 0.2) is 65.1 Å². The summed E-state index contributed by atoms with van der Waals surface area (Å²) >= 11 is 5.10. The highest BCUT2D eigenvalue weighted by Gasteiger charge is 2.11. The second kappa shape index (κ2) is 6.57. The minimum Gasteiger partial charge on any atom is -0.436 e. The summed E-state index contributed by atoms with van der Waals surface area (Å²) in [5.41, 5.74) is 3.14. The third kappa shape index (κ3) is 3.14. The average molecular weight is 361 g/mol. The van der Waals surface area contributed by atoms with E-state index in [9.17, 15) is 4.79 Å². The van der Waals surface area contributed by atoms with Gasteiger partial charge in [-0.25, -0.2) is 4.98 Å². The Hall–Kier alpha value is -3.25. The number of hydrogen-bond acceptors (Lipinski definition) is 4. The maximum absolute atomic E-state index is 11.1. The van der Waals surface area contributed by atoms with Gasteiger partial charge in [-0.05, 0) is 41.9 Å². The number of fused-ring (bicyclic) bond motifs is 3. The Kier molecular flexibility index (Phi) is 4.10. The number of hydrogen-bond donors (Lipinski definition) is 2. The number of carbonyl (C=O) groups excluding carboxylic acids is 1. The summed E-state index contributed by atoms with van der Waals surface area (Å²) in [4.78, 5) is 15.8. The zero-order valence-electron chi connectivity index (χ0n) is 13.9. The molecular weight excluding hydrogens is 346 g/mol. The van der Waals surface area contributed by atoms with Crippen molar-refractivity contribution >= 4 is 50.8 Å². The molecule has 1 aromatic heterocycles. The van der Waals surface area contributed by atoms with Crippen molar-refractivity contribution in [3.63, 3.8) is 0 Å². The first-order valence-electron chi connectivity index (χ1n) is 8.07. The van der Waals surface area contributed by atoms with Crippen LogP contribution in [-0.2, 0) is 4.79 Å². The fourth-order valence-electron chi connectivity index (χ4n) is 2.84. The molecule has 26 heavy (non-hydrogen) atoms. The van der Waals surface area contributed by atoms with Gasteiger partial charge in [0.05, 0.1) is 0 Å².